The molecule has 4 N–H and O–H groups in total. The number of carboxylic acid groups (broad SMARTS) is 1. The van der Waals surface area contributed by atoms with Crippen LogP contribution in [0.1, 0.15) is 40.4 Å². The third-order valence-corrected chi connectivity index (χ3v) is 8.38. The second kappa shape index (κ2) is 13.8. The predicted octanol–water partition coefficient (Wildman–Crippen LogP) is 5.79. The van der Waals surface area contributed by atoms with Crippen molar-refractivity contribution in [2.45, 2.75) is 32.0 Å². The highest BCUT2D eigenvalue weighted by Crippen LogP contribution is 2.38. The number of hydrogen-bond acceptors (Lipinski definition) is 8. The molecule has 6 rings (SSSR count). The fraction of sp³-hybridized carbons (Fsp3) is 0.257. The maximum absolute atomic E-state index is 13.0. The van der Waals surface area contributed by atoms with Crippen LogP contribution in [0.5, 0.6) is 11.5 Å². The molecular formula is C35H36N6O6. The third-order valence-electron chi connectivity index (χ3n) is 8.38. The van der Waals surface area contributed by atoms with Gasteiger partial charge < -0.3 is 35.2 Å². The fourth-order valence-corrected chi connectivity index (χ4v) is 5.96. The maximum atomic E-state index is 13.0. The standard InChI is InChI=1S/C35H36N6O6/c1-46-28-15-14-24(29(17-28)47-2)18-36-33-30-31(22-10-12-23(13-11-22)34(43)38-26-7-4-3-5-8-26)39-41(32(30)25(21-42)19-37-33)27-9-6-16-40(20-27)35(44)45/h3-5,7-8,10-15,17,19,27,42H,6,9,16,18,20-21H2,1-2H3,(H,36,37)(H,38,43)(H,44,45). The van der Waals surface area contributed by atoms with Gasteiger partial charge in [-0.05, 0) is 49.2 Å². The Morgan fingerprint density at radius 3 is 2.49 bits per heavy atom. The van der Waals surface area contributed by atoms with Crippen molar-refractivity contribution < 1.29 is 29.3 Å². The molecule has 3 aromatic carbocycles. The van der Waals surface area contributed by atoms with Crippen molar-refractivity contribution in [3.8, 4) is 22.8 Å². The molecule has 242 valence electrons. The van der Waals surface area contributed by atoms with Crippen LogP contribution in [-0.4, -0.2) is 69.2 Å². The lowest BCUT2D eigenvalue weighted by Gasteiger charge is -2.31. The summed E-state index contributed by atoms with van der Waals surface area (Å²) in [5.41, 5.74) is 4.61. The van der Waals surface area contributed by atoms with Gasteiger partial charge in [0.25, 0.3) is 5.91 Å². The number of nitrogens with zero attached hydrogens (tertiary/aromatic N) is 4. The molecule has 0 radical (unpaired) electrons. The summed E-state index contributed by atoms with van der Waals surface area (Å²) in [5, 5.41) is 32.3. The highest BCUT2D eigenvalue weighted by atomic mass is 16.5. The van der Waals surface area contributed by atoms with Gasteiger partial charge >= 0.3 is 6.09 Å². The Hall–Kier alpha value is -5.62. The predicted molar refractivity (Wildman–Crippen MR) is 178 cm³/mol. The minimum absolute atomic E-state index is 0.242. The number of rotatable bonds is 10. The number of carbonyl (C=O) groups excluding carboxylic acids is 1. The minimum atomic E-state index is -0.976. The molecule has 12 nitrogen and oxygen atoms in total. The summed E-state index contributed by atoms with van der Waals surface area (Å²) in [5.74, 6) is 1.62. The number of methoxy groups -OCH3 is 2. The van der Waals surface area contributed by atoms with Gasteiger partial charge in [0.2, 0.25) is 0 Å². The van der Waals surface area contributed by atoms with Gasteiger partial charge in [-0.3, -0.25) is 9.48 Å². The number of carbonyl (C=O) groups is 2. The monoisotopic (exact) mass is 636 g/mol. The SMILES string of the molecule is COc1ccc(CNc2ncc(CO)c3c2c(-c2ccc(C(=O)Nc4ccccc4)cc2)nn3C2CCCN(C(=O)O)C2)c(OC)c1. The number of aromatic nitrogens is 3. The van der Waals surface area contributed by atoms with Crippen molar-refractivity contribution in [3.63, 3.8) is 0 Å². The van der Waals surface area contributed by atoms with Crippen LogP contribution >= 0.6 is 0 Å². The van der Waals surface area contributed by atoms with Gasteiger partial charge in [0.1, 0.15) is 23.0 Å². The Morgan fingerprint density at radius 2 is 1.79 bits per heavy atom. The molecule has 5 aromatic rings. The maximum Gasteiger partial charge on any atom is 0.407 e. The summed E-state index contributed by atoms with van der Waals surface area (Å²) < 4.78 is 12.8. The smallest absolute Gasteiger partial charge is 0.407 e. The number of para-hydroxylation sites is 1. The number of ether oxygens (including phenoxy) is 2. The first-order valence-corrected chi connectivity index (χ1v) is 15.3. The van der Waals surface area contributed by atoms with Crippen LogP contribution < -0.4 is 20.1 Å². The molecule has 0 spiro atoms. The summed E-state index contributed by atoms with van der Waals surface area (Å²) in [6, 6.07) is 21.7. The largest absolute Gasteiger partial charge is 0.497 e. The molecule has 3 heterocycles. The van der Waals surface area contributed by atoms with Gasteiger partial charge in [0, 0.05) is 59.8 Å². The lowest BCUT2D eigenvalue weighted by Crippen LogP contribution is -2.40. The van der Waals surface area contributed by atoms with Crippen LogP contribution in [0.4, 0.5) is 16.3 Å². The van der Waals surface area contributed by atoms with Crippen LogP contribution in [0.2, 0.25) is 0 Å². The molecular weight excluding hydrogens is 600 g/mol. The van der Waals surface area contributed by atoms with Crippen LogP contribution in [0.25, 0.3) is 22.2 Å². The van der Waals surface area contributed by atoms with E-state index in [1.807, 2.05) is 65.3 Å². The second-order valence-electron chi connectivity index (χ2n) is 11.3. The van der Waals surface area contributed by atoms with Gasteiger partial charge in [-0.2, -0.15) is 5.10 Å². The molecule has 0 bridgehead atoms. The summed E-state index contributed by atoms with van der Waals surface area (Å²) >= 11 is 0. The van der Waals surface area contributed by atoms with Crippen molar-refractivity contribution in [2.24, 2.45) is 0 Å². The highest BCUT2D eigenvalue weighted by molar-refractivity contribution is 6.05. The zero-order chi connectivity index (χ0) is 32.9. The number of hydrogen-bond donors (Lipinski definition) is 4. The van der Waals surface area contributed by atoms with E-state index in [4.69, 9.17) is 19.6 Å². The van der Waals surface area contributed by atoms with Gasteiger partial charge in [-0.25, -0.2) is 9.78 Å². The lowest BCUT2D eigenvalue weighted by molar-refractivity contribution is 0.102. The first-order valence-electron chi connectivity index (χ1n) is 15.3. The number of pyridine rings is 1. The van der Waals surface area contributed by atoms with E-state index < -0.39 is 6.09 Å². The zero-order valence-electron chi connectivity index (χ0n) is 26.1. The van der Waals surface area contributed by atoms with Crippen molar-refractivity contribution in [1.29, 1.82) is 0 Å². The van der Waals surface area contributed by atoms with E-state index in [0.29, 0.717) is 70.2 Å². The van der Waals surface area contributed by atoms with Gasteiger partial charge in [0.05, 0.1) is 37.8 Å². The quantitative estimate of drug-likeness (QED) is 0.149. The molecule has 2 amide bonds. The molecule has 1 saturated heterocycles. The number of aliphatic hydroxyl groups is 1. The molecule has 12 heteroatoms. The number of piperidine rings is 1. The van der Waals surface area contributed by atoms with E-state index in [9.17, 15) is 19.8 Å². The Morgan fingerprint density at radius 1 is 1.00 bits per heavy atom. The van der Waals surface area contributed by atoms with E-state index in [1.165, 1.54) is 4.90 Å². The number of nitrogens with one attached hydrogen (secondary N) is 2. The first kappa shape index (κ1) is 31.4. The summed E-state index contributed by atoms with van der Waals surface area (Å²) in [6.07, 6.45) is 2.04. The number of anilines is 2. The van der Waals surface area contributed by atoms with Crippen molar-refractivity contribution in [2.75, 3.05) is 37.9 Å². The normalized spacial score (nSPS) is 14.5. The summed E-state index contributed by atoms with van der Waals surface area (Å²) in [4.78, 5) is 31.0. The third kappa shape index (κ3) is 6.54. The van der Waals surface area contributed by atoms with Crippen molar-refractivity contribution >= 4 is 34.4 Å². The molecule has 47 heavy (non-hydrogen) atoms. The minimum Gasteiger partial charge on any atom is -0.497 e. The lowest BCUT2D eigenvalue weighted by atomic mass is 10.0. The van der Waals surface area contributed by atoms with E-state index in [-0.39, 0.29) is 25.1 Å². The number of aliphatic hydroxyl groups excluding tert-OH is 1. The van der Waals surface area contributed by atoms with Crippen molar-refractivity contribution in [3.05, 3.63) is 95.7 Å². The Balaban J connectivity index is 1.42. The van der Waals surface area contributed by atoms with Crippen LogP contribution in [0, 0.1) is 0 Å². The van der Waals surface area contributed by atoms with Gasteiger partial charge in [0.15, 0.2) is 0 Å². The second-order valence-corrected chi connectivity index (χ2v) is 11.3. The molecule has 1 atom stereocenters. The molecule has 2 aromatic heterocycles. The Bertz CT molecular complexity index is 1890. The van der Waals surface area contributed by atoms with Gasteiger partial charge in [-0.1, -0.05) is 30.3 Å². The zero-order valence-corrected chi connectivity index (χ0v) is 26.1. The molecule has 1 aliphatic rings. The van der Waals surface area contributed by atoms with Gasteiger partial charge in [-0.15, -0.1) is 0 Å². The fourth-order valence-electron chi connectivity index (χ4n) is 5.96. The van der Waals surface area contributed by atoms with E-state index in [0.717, 1.165) is 17.5 Å². The summed E-state index contributed by atoms with van der Waals surface area (Å²) in [6.45, 7) is 0.806. The molecule has 1 fully saturated rings. The molecule has 1 aliphatic heterocycles. The number of fused-ring (bicyclic) bond motifs is 1. The topological polar surface area (TPSA) is 151 Å². The average Bonchev–Trinajstić information content (AvgIpc) is 3.52. The number of amides is 2. The van der Waals surface area contributed by atoms with Crippen LogP contribution in [-0.2, 0) is 13.2 Å². The van der Waals surface area contributed by atoms with Crippen molar-refractivity contribution in [1.82, 2.24) is 19.7 Å². The average molecular weight is 637 g/mol. The summed E-state index contributed by atoms with van der Waals surface area (Å²) in [7, 11) is 3.20. The Kier molecular flexibility index (Phi) is 9.20. The Labute approximate surface area is 271 Å². The van der Waals surface area contributed by atoms with E-state index in [2.05, 4.69) is 10.6 Å². The first-order chi connectivity index (χ1) is 22.9. The highest BCUT2D eigenvalue weighted by Gasteiger charge is 2.29. The number of likely N-dealkylation sites (tertiary alicyclic amines) is 1. The molecule has 1 unspecified atom stereocenters. The van der Waals surface area contributed by atoms with E-state index in [1.54, 1.807) is 32.5 Å². The molecule has 0 aliphatic carbocycles. The molecule has 0 saturated carbocycles. The van der Waals surface area contributed by atoms with Crippen LogP contribution in [0.15, 0.2) is 79.0 Å². The number of benzene rings is 3. The van der Waals surface area contributed by atoms with Crippen LogP contribution in [0.3, 0.4) is 0 Å². The van der Waals surface area contributed by atoms with E-state index >= 15 is 0 Å².